The molecule has 0 heterocycles. The lowest BCUT2D eigenvalue weighted by molar-refractivity contribution is 0.485. The molecule has 0 radical (unpaired) electrons. The van der Waals surface area contributed by atoms with Gasteiger partial charge in [0.2, 0.25) is 0 Å². The van der Waals surface area contributed by atoms with Crippen LogP contribution in [0.1, 0.15) is 63.1 Å². The number of nitrogens with one attached hydrogen (secondary N) is 1. The zero-order valence-electron chi connectivity index (χ0n) is 20.5. The van der Waals surface area contributed by atoms with E-state index in [1.807, 2.05) is 11.8 Å². The Morgan fingerprint density at radius 3 is 1.64 bits per heavy atom. The summed E-state index contributed by atoms with van der Waals surface area (Å²) in [4.78, 5) is 0. The molecule has 2 nitrogen and oxygen atoms in total. The summed E-state index contributed by atoms with van der Waals surface area (Å²) in [7, 11) is 0. The molecule has 0 amide bonds. The highest BCUT2D eigenvalue weighted by Gasteiger charge is 2.42. The first-order chi connectivity index (χ1) is 16.0. The van der Waals surface area contributed by atoms with Crippen molar-refractivity contribution in [3.8, 4) is 0 Å². The van der Waals surface area contributed by atoms with E-state index in [4.69, 9.17) is 5.73 Å². The molecular formula is C30H40N2S. The van der Waals surface area contributed by atoms with Crippen LogP contribution in [0.15, 0.2) is 91.0 Å². The molecule has 3 N–H and O–H groups in total. The summed E-state index contributed by atoms with van der Waals surface area (Å²) < 4.78 is -0.354. The minimum Gasteiger partial charge on any atom is -0.327 e. The average Bonchev–Trinajstić information content (AvgIpc) is 2.84. The second-order valence-corrected chi connectivity index (χ2v) is 11.4. The number of hydrogen-bond acceptors (Lipinski definition) is 3. The van der Waals surface area contributed by atoms with E-state index in [9.17, 15) is 0 Å². The number of benzene rings is 3. The molecule has 3 rings (SSSR count). The summed E-state index contributed by atoms with van der Waals surface area (Å²) in [6, 6.07) is 32.9. The Balaban J connectivity index is 1.93. The lowest BCUT2D eigenvalue weighted by atomic mass is 9.84. The van der Waals surface area contributed by atoms with E-state index in [-0.39, 0.29) is 15.5 Å². The third kappa shape index (κ3) is 6.96. The van der Waals surface area contributed by atoms with Crippen molar-refractivity contribution in [2.24, 2.45) is 5.73 Å². The van der Waals surface area contributed by atoms with Gasteiger partial charge in [-0.1, -0.05) is 125 Å². The van der Waals surface area contributed by atoms with Crippen LogP contribution < -0.4 is 11.1 Å². The quantitative estimate of drug-likeness (QED) is 0.213. The van der Waals surface area contributed by atoms with Crippen LogP contribution in [0.25, 0.3) is 0 Å². The van der Waals surface area contributed by atoms with Crippen molar-refractivity contribution in [3.05, 3.63) is 108 Å². The maximum atomic E-state index is 6.63. The third-order valence-electron chi connectivity index (χ3n) is 6.09. The van der Waals surface area contributed by atoms with Gasteiger partial charge in [-0.3, -0.25) is 0 Å². The smallest absolute Gasteiger partial charge is 0.0912 e. The summed E-state index contributed by atoms with van der Waals surface area (Å²) in [5.74, 6) is 0. The van der Waals surface area contributed by atoms with Gasteiger partial charge in [0.15, 0.2) is 0 Å². The molecule has 0 aromatic heterocycles. The van der Waals surface area contributed by atoms with Crippen molar-refractivity contribution in [1.82, 2.24) is 5.32 Å². The molecule has 0 spiro atoms. The number of rotatable bonds is 13. The van der Waals surface area contributed by atoms with Gasteiger partial charge in [-0.25, -0.2) is 0 Å². The summed E-state index contributed by atoms with van der Waals surface area (Å²) in [6.45, 7) is 8.85. The van der Waals surface area contributed by atoms with E-state index in [0.29, 0.717) is 0 Å². The van der Waals surface area contributed by atoms with Gasteiger partial charge in [-0.15, -0.1) is 11.8 Å². The number of nitrogens with two attached hydrogens (primary N) is 1. The van der Waals surface area contributed by atoms with Crippen LogP contribution in [0.3, 0.4) is 0 Å². The predicted molar refractivity (Wildman–Crippen MR) is 146 cm³/mol. The van der Waals surface area contributed by atoms with Crippen LogP contribution in [0, 0.1) is 0 Å². The molecule has 0 aliphatic rings. The number of unbranched alkanes of at least 4 members (excludes halogenated alkanes) is 2. The van der Waals surface area contributed by atoms with Crippen molar-refractivity contribution < 1.29 is 0 Å². The summed E-state index contributed by atoms with van der Waals surface area (Å²) in [5.41, 5.74) is 10.5. The van der Waals surface area contributed by atoms with E-state index in [1.165, 1.54) is 36.0 Å². The molecule has 0 fully saturated rings. The standard InChI is InChI=1S/C30H40N2S/c1-4-5-15-22-32-24-28(31)23-29(2,3)33-30(25-16-9-6-10-17-25,26-18-11-7-12-19-26)27-20-13-8-14-21-27/h6-14,16-21,28,32H,4-5,15,22-24,31H2,1-3H3. The molecule has 3 aromatic rings. The van der Waals surface area contributed by atoms with Gasteiger partial charge in [0.25, 0.3) is 0 Å². The highest BCUT2D eigenvalue weighted by molar-refractivity contribution is 8.01. The summed E-state index contributed by atoms with van der Waals surface area (Å²) in [6.07, 6.45) is 4.68. The zero-order chi connectivity index (χ0) is 23.6. The Bertz CT molecular complexity index is 829. The monoisotopic (exact) mass is 460 g/mol. The van der Waals surface area contributed by atoms with E-state index in [1.54, 1.807) is 0 Å². The lowest BCUT2D eigenvalue weighted by Gasteiger charge is -2.42. The Morgan fingerprint density at radius 2 is 1.21 bits per heavy atom. The molecule has 0 saturated carbocycles. The number of thioether (sulfide) groups is 1. The Kier molecular flexibility index (Phi) is 9.61. The van der Waals surface area contributed by atoms with Crippen LogP contribution in [-0.4, -0.2) is 23.9 Å². The summed E-state index contributed by atoms with van der Waals surface area (Å²) in [5, 5.41) is 3.57. The Hall–Kier alpha value is -2.07. The summed E-state index contributed by atoms with van der Waals surface area (Å²) >= 11 is 2.02. The maximum absolute atomic E-state index is 6.63. The fourth-order valence-electron chi connectivity index (χ4n) is 4.64. The third-order valence-corrected chi connectivity index (χ3v) is 7.82. The van der Waals surface area contributed by atoms with Crippen molar-refractivity contribution in [1.29, 1.82) is 0 Å². The Morgan fingerprint density at radius 1 is 0.758 bits per heavy atom. The van der Waals surface area contributed by atoms with E-state index >= 15 is 0 Å². The maximum Gasteiger partial charge on any atom is 0.0912 e. The lowest BCUT2D eigenvalue weighted by Crippen LogP contribution is -2.41. The van der Waals surface area contributed by atoms with Crippen LogP contribution in [-0.2, 0) is 4.75 Å². The van der Waals surface area contributed by atoms with E-state index in [2.05, 4.69) is 117 Å². The first-order valence-electron chi connectivity index (χ1n) is 12.3. The van der Waals surface area contributed by atoms with Crippen LogP contribution in [0.4, 0.5) is 0 Å². The molecule has 1 unspecified atom stereocenters. The highest BCUT2D eigenvalue weighted by Crippen LogP contribution is 2.54. The normalized spacial score (nSPS) is 13.1. The Labute approximate surface area is 205 Å². The molecule has 3 aromatic carbocycles. The predicted octanol–water partition coefficient (Wildman–Crippen LogP) is 6.99. The zero-order valence-corrected chi connectivity index (χ0v) is 21.3. The van der Waals surface area contributed by atoms with Gasteiger partial charge < -0.3 is 11.1 Å². The first kappa shape index (κ1) is 25.6. The second-order valence-electron chi connectivity index (χ2n) is 9.52. The van der Waals surface area contributed by atoms with Crippen molar-refractivity contribution in [3.63, 3.8) is 0 Å². The molecule has 1 atom stereocenters. The number of hydrogen-bond donors (Lipinski definition) is 2. The molecule has 0 aliphatic carbocycles. The molecule has 0 aliphatic heterocycles. The van der Waals surface area contributed by atoms with Gasteiger partial charge in [0.05, 0.1) is 4.75 Å². The molecule has 0 bridgehead atoms. The van der Waals surface area contributed by atoms with Gasteiger partial charge in [0, 0.05) is 17.3 Å². The van der Waals surface area contributed by atoms with Gasteiger partial charge in [-0.05, 0) is 36.1 Å². The minimum absolute atomic E-state index is 0.0357. The molecular weight excluding hydrogens is 420 g/mol. The second kappa shape index (κ2) is 12.4. The van der Waals surface area contributed by atoms with Crippen LogP contribution in [0.2, 0.25) is 0 Å². The average molecular weight is 461 g/mol. The molecule has 3 heteroatoms. The topological polar surface area (TPSA) is 38.0 Å². The fraction of sp³-hybridized carbons (Fsp3) is 0.400. The van der Waals surface area contributed by atoms with E-state index in [0.717, 1.165) is 19.5 Å². The highest BCUT2D eigenvalue weighted by atomic mass is 32.2. The van der Waals surface area contributed by atoms with Crippen molar-refractivity contribution in [2.45, 2.75) is 62.0 Å². The van der Waals surface area contributed by atoms with E-state index < -0.39 is 0 Å². The van der Waals surface area contributed by atoms with Crippen LogP contribution >= 0.6 is 11.8 Å². The van der Waals surface area contributed by atoms with Crippen molar-refractivity contribution >= 4 is 11.8 Å². The fourth-order valence-corrected chi connectivity index (χ4v) is 6.53. The SMILES string of the molecule is CCCCCNCC(N)CC(C)(C)SC(c1ccccc1)(c1ccccc1)c1ccccc1. The van der Waals surface area contributed by atoms with Gasteiger partial charge >= 0.3 is 0 Å². The first-order valence-corrected chi connectivity index (χ1v) is 13.1. The molecule has 33 heavy (non-hydrogen) atoms. The van der Waals surface area contributed by atoms with Crippen molar-refractivity contribution in [2.75, 3.05) is 13.1 Å². The van der Waals surface area contributed by atoms with Crippen LogP contribution in [0.5, 0.6) is 0 Å². The van der Waals surface area contributed by atoms with Gasteiger partial charge in [-0.2, -0.15) is 0 Å². The largest absolute Gasteiger partial charge is 0.327 e. The van der Waals surface area contributed by atoms with Gasteiger partial charge in [0.1, 0.15) is 0 Å². The molecule has 176 valence electrons. The molecule has 0 saturated heterocycles. The minimum atomic E-state index is -0.318.